The summed E-state index contributed by atoms with van der Waals surface area (Å²) < 4.78 is 1.69. The van der Waals surface area contributed by atoms with E-state index in [1.807, 2.05) is 30.5 Å². The number of carbonyl (C=O) groups excluding carboxylic acids is 2. The van der Waals surface area contributed by atoms with E-state index in [2.05, 4.69) is 21.5 Å². The van der Waals surface area contributed by atoms with Crippen molar-refractivity contribution in [3.8, 4) is 17.2 Å². The number of anilines is 2. The first kappa shape index (κ1) is 22.7. The number of nitriles is 1. The van der Waals surface area contributed by atoms with Crippen molar-refractivity contribution in [3.63, 3.8) is 0 Å². The van der Waals surface area contributed by atoms with Gasteiger partial charge in [-0.2, -0.15) is 10.2 Å². The third-order valence-corrected chi connectivity index (χ3v) is 6.69. The molecule has 6 rings (SSSR count). The fraction of sp³-hybridized carbons (Fsp3) is 0.222. The van der Waals surface area contributed by atoms with E-state index in [0.717, 1.165) is 16.8 Å². The number of fused-ring (bicyclic) bond motifs is 1. The number of aliphatic hydroxyl groups excluding tert-OH is 1. The van der Waals surface area contributed by atoms with Crippen LogP contribution in [0, 0.1) is 17.2 Å². The number of hydrogen-bond donors (Lipinski definition) is 2. The second kappa shape index (κ2) is 9.04. The molecule has 2 N–H and O–H groups in total. The zero-order valence-electron chi connectivity index (χ0n) is 19.8. The third-order valence-electron chi connectivity index (χ3n) is 6.69. The topological polar surface area (TPSA) is 127 Å². The maximum absolute atomic E-state index is 12.6. The number of nitrogens with zero attached hydrogens (tertiary/aromatic N) is 6. The van der Waals surface area contributed by atoms with Gasteiger partial charge in [-0.25, -0.2) is 4.52 Å². The Labute approximate surface area is 212 Å². The first-order valence-electron chi connectivity index (χ1n) is 12.0. The largest absolute Gasteiger partial charge is 0.389 e. The Kier molecular flexibility index (Phi) is 5.54. The van der Waals surface area contributed by atoms with Gasteiger partial charge in [0.05, 0.1) is 18.1 Å². The molecule has 10 nitrogen and oxygen atoms in total. The molecule has 2 aliphatic heterocycles. The summed E-state index contributed by atoms with van der Waals surface area (Å²) in [6.45, 7) is 1.69. The molecule has 184 valence electrons. The average Bonchev–Trinajstić information content (AvgIpc) is 3.29. The molecule has 4 heterocycles. The fourth-order valence-electron chi connectivity index (χ4n) is 4.51. The van der Waals surface area contributed by atoms with Crippen LogP contribution < -0.4 is 5.32 Å². The highest BCUT2D eigenvalue weighted by Crippen LogP contribution is 2.27. The summed E-state index contributed by atoms with van der Waals surface area (Å²) in [5, 5.41) is 26.0. The number of carbonyl (C=O) groups is 2. The fourth-order valence-corrected chi connectivity index (χ4v) is 4.51. The van der Waals surface area contributed by atoms with Crippen LogP contribution in [0.15, 0.2) is 66.9 Å². The van der Waals surface area contributed by atoms with Gasteiger partial charge in [-0.05, 0) is 54.1 Å². The highest BCUT2D eigenvalue weighted by molar-refractivity contribution is 5.96. The molecule has 0 unspecified atom stereocenters. The number of likely N-dealkylation sites (tertiary alicyclic amines) is 2. The maximum atomic E-state index is 12.6. The van der Waals surface area contributed by atoms with Gasteiger partial charge in [0.25, 0.3) is 11.8 Å². The van der Waals surface area contributed by atoms with Crippen molar-refractivity contribution in [1.29, 1.82) is 5.26 Å². The smallest absolute Gasteiger partial charge is 0.254 e. The van der Waals surface area contributed by atoms with Gasteiger partial charge >= 0.3 is 0 Å². The maximum Gasteiger partial charge on any atom is 0.254 e. The van der Waals surface area contributed by atoms with Gasteiger partial charge in [-0.15, -0.1) is 5.10 Å². The van der Waals surface area contributed by atoms with Crippen LogP contribution >= 0.6 is 0 Å². The lowest BCUT2D eigenvalue weighted by Gasteiger charge is -2.35. The van der Waals surface area contributed by atoms with E-state index >= 15 is 0 Å². The van der Waals surface area contributed by atoms with Gasteiger partial charge in [0.2, 0.25) is 5.95 Å². The lowest BCUT2D eigenvalue weighted by atomic mass is 9.99. The van der Waals surface area contributed by atoms with Gasteiger partial charge in [-0.3, -0.25) is 9.59 Å². The van der Waals surface area contributed by atoms with Crippen LogP contribution in [0.3, 0.4) is 0 Å². The number of pyridine rings is 1. The Morgan fingerprint density at radius 3 is 2.16 bits per heavy atom. The Morgan fingerprint density at radius 2 is 1.54 bits per heavy atom. The summed E-state index contributed by atoms with van der Waals surface area (Å²) >= 11 is 0. The molecule has 0 spiro atoms. The van der Waals surface area contributed by atoms with Crippen molar-refractivity contribution in [2.24, 2.45) is 5.92 Å². The highest BCUT2D eigenvalue weighted by Gasteiger charge is 2.31. The van der Waals surface area contributed by atoms with E-state index in [-0.39, 0.29) is 17.7 Å². The molecular weight excluding hydrogens is 470 g/mol. The van der Waals surface area contributed by atoms with Crippen molar-refractivity contribution in [2.45, 2.75) is 6.10 Å². The zero-order valence-corrected chi connectivity index (χ0v) is 19.8. The van der Waals surface area contributed by atoms with Gasteiger partial charge < -0.3 is 20.2 Å². The minimum absolute atomic E-state index is 0.0691. The Hall–Kier alpha value is -4.75. The molecule has 0 atom stereocenters. The van der Waals surface area contributed by atoms with E-state index in [9.17, 15) is 14.7 Å². The summed E-state index contributed by atoms with van der Waals surface area (Å²) in [5.74, 6) is 0.170. The van der Waals surface area contributed by atoms with Crippen molar-refractivity contribution in [2.75, 3.05) is 31.5 Å². The summed E-state index contributed by atoms with van der Waals surface area (Å²) in [4.78, 5) is 32.9. The first-order valence-corrected chi connectivity index (χ1v) is 12.0. The number of benzene rings is 2. The van der Waals surface area contributed by atoms with Crippen LogP contribution in [-0.4, -0.2) is 73.6 Å². The van der Waals surface area contributed by atoms with Crippen LogP contribution in [0.5, 0.6) is 0 Å². The van der Waals surface area contributed by atoms with Crippen molar-refractivity contribution < 1.29 is 14.7 Å². The number of rotatable bonds is 5. The second-order valence-corrected chi connectivity index (χ2v) is 9.31. The number of β-amino-alcohol motifs (C(OH)–C–C–N with tert-alkyl or cyclic N) is 1. The number of nitrogens with one attached hydrogen (secondary N) is 1. The number of aromatic nitrogens is 3. The lowest BCUT2D eigenvalue weighted by Crippen LogP contribution is -2.53. The normalized spacial score (nSPS) is 15.7. The minimum Gasteiger partial charge on any atom is -0.389 e. The Balaban J connectivity index is 1.18. The molecule has 2 aliphatic rings. The van der Waals surface area contributed by atoms with Crippen LogP contribution in [-0.2, 0) is 0 Å². The molecule has 2 amide bonds. The van der Waals surface area contributed by atoms with Crippen molar-refractivity contribution in [1.82, 2.24) is 24.4 Å². The van der Waals surface area contributed by atoms with E-state index in [4.69, 9.17) is 5.26 Å². The second-order valence-electron chi connectivity index (χ2n) is 9.31. The minimum atomic E-state index is -0.431. The summed E-state index contributed by atoms with van der Waals surface area (Å²) in [5.41, 5.74) is 4.32. The first-order chi connectivity index (χ1) is 18.0. The number of amides is 2. The van der Waals surface area contributed by atoms with Gasteiger partial charge in [0.15, 0.2) is 5.65 Å². The standard InChI is InChI=1S/C27H23N7O3/c28-12-17-13-32(14-17)25(36)19-5-3-18(4-6-19)23-2-1-11-34-24(23)30-27(31-34)29-21-9-7-20(8-10-21)26(37)33-15-22(35)16-33/h1-11,17,22,35H,13-16H2,(H,29,31). The van der Waals surface area contributed by atoms with Crippen LogP contribution in [0.2, 0.25) is 0 Å². The molecule has 10 heteroatoms. The Bertz CT molecular complexity index is 1530. The molecular formula is C27H23N7O3. The van der Waals surface area contributed by atoms with E-state index in [1.165, 1.54) is 0 Å². The molecule has 0 saturated carbocycles. The van der Waals surface area contributed by atoms with Crippen molar-refractivity contribution in [3.05, 3.63) is 78.0 Å². The highest BCUT2D eigenvalue weighted by atomic mass is 16.3. The molecule has 0 radical (unpaired) electrons. The van der Waals surface area contributed by atoms with E-state index < -0.39 is 6.10 Å². The van der Waals surface area contributed by atoms with Crippen LogP contribution in [0.4, 0.5) is 11.6 Å². The summed E-state index contributed by atoms with van der Waals surface area (Å²) in [7, 11) is 0. The number of aliphatic hydroxyl groups is 1. The molecule has 37 heavy (non-hydrogen) atoms. The van der Waals surface area contributed by atoms with E-state index in [1.54, 1.807) is 50.7 Å². The molecule has 0 bridgehead atoms. The van der Waals surface area contributed by atoms with Gasteiger partial charge in [0.1, 0.15) is 0 Å². The monoisotopic (exact) mass is 493 g/mol. The number of hydrogen-bond acceptors (Lipinski definition) is 7. The van der Waals surface area contributed by atoms with Gasteiger partial charge in [0, 0.05) is 54.8 Å². The summed E-state index contributed by atoms with van der Waals surface area (Å²) in [6, 6.07) is 20.4. The molecule has 4 aromatic rings. The molecule has 2 aromatic carbocycles. The molecule has 2 saturated heterocycles. The average molecular weight is 494 g/mol. The third kappa shape index (κ3) is 4.26. The van der Waals surface area contributed by atoms with Crippen LogP contribution in [0.25, 0.3) is 16.8 Å². The SMILES string of the molecule is N#CC1CN(C(=O)c2ccc(-c3cccn4nc(Nc5ccc(C(=O)N6CC(O)C6)cc5)nc34)cc2)C1. The van der Waals surface area contributed by atoms with E-state index in [0.29, 0.717) is 48.9 Å². The predicted molar refractivity (Wildman–Crippen MR) is 135 cm³/mol. The lowest BCUT2D eigenvalue weighted by molar-refractivity contribution is 0.00590. The quantitative estimate of drug-likeness (QED) is 0.437. The molecule has 0 aliphatic carbocycles. The van der Waals surface area contributed by atoms with Crippen LogP contribution in [0.1, 0.15) is 20.7 Å². The summed E-state index contributed by atoms with van der Waals surface area (Å²) in [6.07, 6.45) is 1.38. The zero-order chi connectivity index (χ0) is 25.5. The molecule has 2 aromatic heterocycles. The molecule has 2 fully saturated rings. The predicted octanol–water partition coefficient (Wildman–Crippen LogP) is 2.55. The van der Waals surface area contributed by atoms with Crippen molar-refractivity contribution >= 4 is 29.1 Å². The van der Waals surface area contributed by atoms with Gasteiger partial charge in [-0.1, -0.05) is 12.1 Å². The Morgan fingerprint density at radius 1 is 0.919 bits per heavy atom.